The molecule has 0 saturated heterocycles. The number of amides is 1. The summed E-state index contributed by atoms with van der Waals surface area (Å²) in [6, 6.07) is 16.6. The van der Waals surface area contributed by atoms with E-state index < -0.39 is 12.0 Å². The average molecular weight is 475 g/mol. The van der Waals surface area contributed by atoms with Gasteiger partial charge in [-0.2, -0.15) is 0 Å². The zero-order valence-corrected chi connectivity index (χ0v) is 20.3. The Balaban J connectivity index is 1.92. The number of nitrogens with zero attached hydrogens (tertiary/aromatic N) is 2. The molecule has 182 valence electrons. The Morgan fingerprint density at radius 3 is 2.43 bits per heavy atom. The van der Waals surface area contributed by atoms with Crippen LogP contribution in [0.3, 0.4) is 0 Å². The van der Waals surface area contributed by atoms with Crippen LogP contribution in [0.15, 0.2) is 54.6 Å². The summed E-state index contributed by atoms with van der Waals surface area (Å²) in [5, 5.41) is 11.2. The number of carbonyl (C=O) groups is 2. The molecule has 7 heteroatoms. The number of hydrogen-bond donors (Lipinski definition) is 1. The predicted molar refractivity (Wildman–Crippen MR) is 132 cm³/mol. The molecule has 1 N–H and O–H groups in total. The fraction of sp³-hybridized carbons (Fsp3) is 0.321. The Kier molecular flexibility index (Phi) is 7.34. The molecule has 2 heterocycles. The van der Waals surface area contributed by atoms with E-state index in [1.807, 2.05) is 54.6 Å². The van der Waals surface area contributed by atoms with Gasteiger partial charge in [-0.3, -0.25) is 9.78 Å². The highest BCUT2D eigenvalue weighted by Gasteiger charge is 2.44. The Hall–Kier alpha value is -3.87. The van der Waals surface area contributed by atoms with Crippen LogP contribution in [0.4, 0.5) is 0 Å². The number of aromatic hydroxyl groups is 1. The molecule has 1 unspecified atom stereocenters. The van der Waals surface area contributed by atoms with Crippen molar-refractivity contribution >= 4 is 11.9 Å². The molecule has 0 bridgehead atoms. The number of unbranched alkanes of at least 4 members (excludes halogenated alkanes) is 1. The first-order valence-corrected chi connectivity index (χ1v) is 11.9. The minimum Gasteiger partial charge on any atom is -0.505 e. The van der Waals surface area contributed by atoms with E-state index in [0.717, 1.165) is 24.0 Å². The molecule has 0 radical (unpaired) electrons. The first-order valence-electron chi connectivity index (χ1n) is 11.9. The number of ether oxygens (including phenoxy) is 2. The lowest BCUT2D eigenvalue weighted by molar-refractivity contribution is 0.0516. The Morgan fingerprint density at radius 1 is 1.09 bits per heavy atom. The van der Waals surface area contributed by atoms with Crippen LogP contribution in [-0.4, -0.2) is 47.1 Å². The Bertz CT molecular complexity index is 1210. The van der Waals surface area contributed by atoms with E-state index in [1.54, 1.807) is 18.9 Å². The third kappa shape index (κ3) is 4.71. The maximum absolute atomic E-state index is 13.7. The van der Waals surface area contributed by atoms with Gasteiger partial charge >= 0.3 is 5.97 Å². The number of aromatic nitrogens is 1. The largest absolute Gasteiger partial charge is 0.505 e. The van der Waals surface area contributed by atoms with Crippen LogP contribution >= 0.6 is 0 Å². The number of carbonyl (C=O) groups excluding carboxylic acids is 2. The molecule has 1 aromatic heterocycles. The minimum atomic E-state index is -0.725. The first-order chi connectivity index (χ1) is 17.0. The standard InChI is InChI=1S/C28H30N2O5/c1-4-6-16-30-25(19-12-14-20(34-3)15-13-19)24-22(27(30)32)23(28(33)35-5-2)26(31)21(29-24)17-18-10-8-7-9-11-18/h7-15,25,31H,4-6,16-17H2,1-3H3. The van der Waals surface area contributed by atoms with Crippen molar-refractivity contribution in [1.82, 2.24) is 9.88 Å². The van der Waals surface area contributed by atoms with Crippen LogP contribution in [-0.2, 0) is 11.2 Å². The predicted octanol–water partition coefficient (Wildman–Crippen LogP) is 4.91. The highest BCUT2D eigenvalue weighted by atomic mass is 16.5. The molecule has 7 nitrogen and oxygen atoms in total. The van der Waals surface area contributed by atoms with Gasteiger partial charge in [0.25, 0.3) is 5.91 Å². The number of esters is 1. The molecule has 3 aromatic rings. The Morgan fingerprint density at radius 2 is 1.80 bits per heavy atom. The first kappa shape index (κ1) is 24.3. The van der Waals surface area contributed by atoms with Crippen LogP contribution in [0.5, 0.6) is 11.5 Å². The smallest absolute Gasteiger partial charge is 0.342 e. The normalized spacial score (nSPS) is 14.7. The van der Waals surface area contributed by atoms with E-state index in [2.05, 4.69) is 6.92 Å². The summed E-state index contributed by atoms with van der Waals surface area (Å²) in [7, 11) is 1.60. The lowest BCUT2D eigenvalue weighted by Gasteiger charge is -2.25. The Labute approximate surface area is 205 Å². The second kappa shape index (κ2) is 10.6. The number of fused-ring (bicyclic) bond motifs is 1. The summed E-state index contributed by atoms with van der Waals surface area (Å²) in [4.78, 5) is 33.3. The zero-order valence-electron chi connectivity index (χ0n) is 20.3. The summed E-state index contributed by atoms with van der Waals surface area (Å²) in [5.74, 6) is -0.650. The van der Waals surface area contributed by atoms with Crippen LogP contribution in [0.1, 0.15) is 76.0 Å². The van der Waals surface area contributed by atoms with Gasteiger partial charge in [-0.25, -0.2) is 4.79 Å². The van der Waals surface area contributed by atoms with Gasteiger partial charge in [0.1, 0.15) is 17.4 Å². The fourth-order valence-electron chi connectivity index (χ4n) is 4.47. The second-order valence-corrected chi connectivity index (χ2v) is 8.45. The number of rotatable bonds is 9. The van der Waals surface area contributed by atoms with Gasteiger partial charge in [-0.05, 0) is 36.6 Å². The summed E-state index contributed by atoms with van der Waals surface area (Å²) in [6.07, 6.45) is 2.01. The van der Waals surface area contributed by atoms with Gasteiger partial charge in [-0.15, -0.1) is 0 Å². The molecular formula is C28H30N2O5. The molecule has 0 saturated carbocycles. The van der Waals surface area contributed by atoms with Crippen molar-refractivity contribution in [2.24, 2.45) is 0 Å². The molecule has 1 atom stereocenters. The van der Waals surface area contributed by atoms with Crippen molar-refractivity contribution in [3.05, 3.63) is 88.2 Å². The number of benzene rings is 2. The van der Waals surface area contributed by atoms with E-state index in [-0.39, 0.29) is 29.4 Å². The monoisotopic (exact) mass is 474 g/mol. The number of methoxy groups -OCH3 is 1. The third-order valence-corrected chi connectivity index (χ3v) is 6.20. The van der Waals surface area contributed by atoms with Gasteiger partial charge in [0.2, 0.25) is 0 Å². The van der Waals surface area contributed by atoms with E-state index in [1.165, 1.54) is 0 Å². The highest BCUT2D eigenvalue weighted by Crippen LogP contribution is 2.43. The van der Waals surface area contributed by atoms with Crippen molar-refractivity contribution in [2.75, 3.05) is 20.3 Å². The van der Waals surface area contributed by atoms with E-state index in [4.69, 9.17) is 14.5 Å². The second-order valence-electron chi connectivity index (χ2n) is 8.45. The topological polar surface area (TPSA) is 89.0 Å². The molecule has 1 aliphatic heterocycles. The van der Waals surface area contributed by atoms with Crippen molar-refractivity contribution < 1.29 is 24.2 Å². The number of hydrogen-bond acceptors (Lipinski definition) is 6. The van der Waals surface area contributed by atoms with Gasteiger partial charge < -0.3 is 19.5 Å². The summed E-state index contributed by atoms with van der Waals surface area (Å²) in [6.45, 7) is 4.37. The maximum atomic E-state index is 13.7. The lowest BCUT2D eigenvalue weighted by Crippen LogP contribution is -2.30. The molecule has 35 heavy (non-hydrogen) atoms. The molecular weight excluding hydrogens is 444 g/mol. The SMILES string of the molecule is CCCCN1C(=O)c2c(nc(Cc3ccccc3)c(O)c2C(=O)OCC)C1c1ccc(OC)cc1. The summed E-state index contributed by atoms with van der Waals surface area (Å²) >= 11 is 0. The molecule has 0 spiro atoms. The van der Waals surface area contributed by atoms with Crippen LogP contribution < -0.4 is 4.74 Å². The maximum Gasteiger partial charge on any atom is 0.342 e. The fourth-order valence-corrected chi connectivity index (χ4v) is 4.47. The zero-order chi connectivity index (χ0) is 24.9. The molecule has 2 aromatic carbocycles. The van der Waals surface area contributed by atoms with Crippen LogP contribution in [0.25, 0.3) is 0 Å². The van der Waals surface area contributed by atoms with Crippen LogP contribution in [0.2, 0.25) is 0 Å². The summed E-state index contributed by atoms with van der Waals surface area (Å²) < 4.78 is 10.6. The van der Waals surface area contributed by atoms with E-state index in [9.17, 15) is 14.7 Å². The van der Waals surface area contributed by atoms with Gasteiger partial charge in [-0.1, -0.05) is 55.8 Å². The number of pyridine rings is 1. The lowest BCUT2D eigenvalue weighted by atomic mass is 9.97. The molecule has 4 rings (SSSR count). The third-order valence-electron chi connectivity index (χ3n) is 6.20. The average Bonchev–Trinajstić information content (AvgIpc) is 3.14. The van der Waals surface area contributed by atoms with Crippen molar-refractivity contribution in [1.29, 1.82) is 0 Å². The quantitative estimate of drug-likeness (QED) is 0.444. The van der Waals surface area contributed by atoms with E-state index >= 15 is 0 Å². The molecule has 0 aliphatic carbocycles. The summed E-state index contributed by atoms with van der Waals surface area (Å²) in [5.41, 5.74) is 2.59. The van der Waals surface area contributed by atoms with Crippen LogP contribution in [0, 0.1) is 0 Å². The van der Waals surface area contributed by atoms with Gasteiger partial charge in [0.05, 0.1) is 30.7 Å². The van der Waals surface area contributed by atoms with Crippen molar-refractivity contribution in [3.63, 3.8) is 0 Å². The van der Waals surface area contributed by atoms with Gasteiger partial charge in [0, 0.05) is 13.0 Å². The van der Waals surface area contributed by atoms with Crippen molar-refractivity contribution in [2.45, 2.75) is 39.2 Å². The van der Waals surface area contributed by atoms with Crippen molar-refractivity contribution in [3.8, 4) is 11.5 Å². The minimum absolute atomic E-state index is 0.106. The molecule has 0 fully saturated rings. The molecule has 1 amide bonds. The molecule has 1 aliphatic rings. The highest BCUT2D eigenvalue weighted by molar-refractivity contribution is 6.10. The van der Waals surface area contributed by atoms with Gasteiger partial charge in [0.15, 0.2) is 5.75 Å². The van der Waals surface area contributed by atoms with E-state index in [0.29, 0.717) is 30.1 Å².